The smallest absolute Gasteiger partial charge is 0.312 e. The average Bonchev–Trinajstić information content (AvgIpc) is 3.15. The van der Waals surface area contributed by atoms with Gasteiger partial charge in [0.1, 0.15) is 5.01 Å². The first-order valence-corrected chi connectivity index (χ1v) is 9.20. The second-order valence-electron chi connectivity index (χ2n) is 5.59. The van der Waals surface area contributed by atoms with Gasteiger partial charge in [0.25, 0.3) is 5.91 Å². The van der Waals surface area contributed by atoms with E-state index >= 15 is 0 Å². The fraction of sp³-hybridized carbons (Fsp3) is 0.438. The van der Waals surface area contributed by atoms with Crippen molar-refractivity contribution >= 4 is 34.6 Å². The van der Waals surface area contributed by atoms with Gasteiger partial charge in [-0.05, 0) is 24.3 Å². The van der Waals surface area contributed by atoms with Crippen molar-refractivity contribution in [2.45, 2.75) is 33.2 Å². The maximum Gasteiger partial charge on any atom is 0.312 e. The van der Waals surface area contributed by atoms with Crippen LogP contribution in [0.1, 0.15) is 26.5 Å². The molecular formula is C16H20N2O3S2. The summed E-state index contributed by atoms with van der Waals surface area (Å²) in [5.41, 5.74) is 1.72. The largest absolute Gasteiger partial charge is 0.455 e. The van der Waals surface area contributed by atoms with Gasteiger partial charge < -0.3 is 10.1 Å². The summed E-state index contributed by atoms with van der Waals surface area (Å²) in [6.45, 7) is 5.71. The molecule has 1 atom stereocenters. The second-order valence-corrected chi connectivity index (χ2v) is 7.23. The first-order chi connectivity index (χ1) is 11.0. The highest BCUT2D eigenvalue weighted by Gasteiger charge is 2.14. The molecule has 0 saturated carbocycles. The Kier molecular flexibility index (Phi) is 6.29. The lowest BCUT2D eigenvalue weighted by atomic mass is 10.1. The Morgan fingerprint density at radius 2 is 2.09 bits per heavy atom. The number of carbonyl (C=O) groups excluding carboxylic acids is 2. The summed E-state index contributed by atoms with van der Waals surface area (Å²) in [6, 6.07) is 2.04. The number of thiophene rings is 1. The molecule has 1 amide bonds. The van der Waals surface area contributed by atoms with Crippen molar-refractivity contribution in [1.82, 2.24) is 10.3 Å². The molecule has 0 aliphatic rings. The van der Waals surface area contributed by atoms with Crippen LogP contribution in [-0.2, 0) is 20.7 Å². The standard InChI is InChI=1S/C16H20N2O3S2/c1-10(2)11(3)17-14(19)7-21-15(20)6-13-9-23-16(18-13)12-4-5-22-8-12/h4-5,8-11H,6-7H2,1-3H3,(H,17,19)/t11-/m1/s1. The predicted octanol–water partition coefficient (Wildman–Crippen LogP) is 3.12. The number of ether oxygens (including phenoxy) is 1. The summed E-state index contributed by atoms with van der Waals surface area (Å²) in [5.74, 6) is -0.392. The third kappa shape index (κ3) is 5.44. The Morgan fingerprint density at radius 3 is 2.74 bits per heavy atom. The highest BCUT2D eigenvalue weighted by Crippen LogP contribution is 2.25. The highest BCUT2D eigenvalue weighted by molar-refractivity contribution is 7.14. The van der Waals surface area contributed by atoms with Gasteiger partial charge in [0.15, 0.2) is 6.61 Å². The van der Waals surface area contributed by atoms with Crippen molar-refractivity contribution in [3.8, 4) is 10.6 Å². The monoisotopic (exact) mass is 352 g/mol. The Morgan fingerprint density at radius 1 is 1.30 bits per heavy atom. The molecular weight excluding hydrogens is 332 g/mol. The van der Waals surface area contributed by atoms with Crippen LogP contribution in [0.4, 0.5) is 0 Å². The van der Waals surface area contributed by atoms with E-state index in [0.717, 1.165) is 10.6 Å². The van der Waals surface area contributed by atoms with E-state index in [1.165, 1.54) is 11.3 Å². The molecule has 5 nitrogen and oxygen atoms in total. The minimum absolute atomic E-state index is 0.0490. The maximum absolute atomic E-state index is 11.8. The van der Waals surface area contributed by atoms with Crippen LogP contribution in [0.15, 0.2) is 22.2 Å². The van der Waals surface area contributed by atoms with Crippen molar-refractivity contribution in [1.29, 1.82) is 0 Å². The second kappa shape index (κ2) is 8.21. The molecule has 0 radical (unpaired) electrons. The molecule has 0 fully saturated rings. The van der Waals surface area contributed by atoms with Gasteiger partial charge in [-0.15, -0.1) is 11.3 Å². The normalized spacial score (nSPS) is 12.2. The summed E-state index contributed by atoms with van der Waals surface area (Å²) in [5, 5.41) is 9.52. The minimum Gasteiger partial charge on any atom is -0.455 e. The number of hydrogen-bond acceptors (Lipinski definition) is 6. The van der Waals surface area contributed by atoms with Crippen LogP contribution in [0.2, 0.25) is 0 Å². The molecule has 0 unspecified atom stereocenters. The van der Waals surface area contributed by atoms with Crippen LogP contribution >= 0.6 is 22.7 Å². The number of carbonyl (C=O) groups is 2. The lowest BCUT2D eigenvalue weighted by Gasteiger charge is -2.17. The van der Waals surface area contributed by atoms with E-state index in [1.54, 1.807) is 11.3 Å². The highest BCUT2D eigenvalue weighted by atomic mass is 32.1. The fourth-order valence-corrected chi connectivity index (χ4v) is 3.25. The van der Waals surface area contributed by atoms with E-state index in [2.05, 4.69) is 10.3 Å². The van der Waals surface area contributed by atoms with Crippen LogP contribution in [0.25, 0.3) is 10.6 Å². The Labute approximate surface area is 143 Å². The number of thiazole rings is 1. The zero-order valence-corrected chi connectivity index (χ0v) is 15.0. The Hall–Kier alpha value is -1.73. The number of esters is 1. The molecule has 1 N–H and O–H groups in total. The first kappa shape index (κ1) is 17.6. The number of aromatic nitrogens is 1. The van der Waals surface area contributed by atoms with E-state index in [0.29, 0.717) is 11.6 Å². The van der Waals surface area contributed by atoms with E-state index in [-0.39, 0.29) is 25.0 Å². The molecule has 0 spiro atoms. The molecule has 0 bridgehead atoms. The van der Waals surface area contributed by atoms with Crippen molar-refractivity contribution in [3.63, 3.8) is 0 Å². The molecule has 0 aliphatic carbocycles. The number of hydrogen-bond donors (Lipinski definition) is 1. The van der Waals surface area contributed by atoms with Crippen molar-refractivity contribution in [2.75, 3.05) is 6.61 Å². The summed E-state index contributed by atoms with van der Waals surface area (Å²) in [7, 11) is 0. The van der Waals surface area contributed by atoms with Gasteiger partial charge in [-0.25, -0.2) is 4.98 Å². The topological polar surface area (TPSA) is 68.3 Å². The molecule has 7 heteroatoms. The van der Waals surface area contributed by atoms with E-state index in [4.69, 9.17) is 4.74 Å². The van der Waals surface area contributed by atoms with Gasteiger partial charge in [-0.3, -0.25) is 9.59 Å². The molecule has 23 heavy (non-hydrogen) atoms. The Balaban J connectivity index is 1.78. The van der Waals surface area contributed by atoms with Crippen LogP contribution in [0.5, 0.6) is 0 Å². The quantitative estimate of drug-likeness (QED) is 0.778. The molecule has 0 aliphatic heterocycles. The Bertz CT molecular complexity index is 650. The van der Waals surface area contributed by atoms with Gasteiger partial charge in [0.05, 0.1) is 12.1 Å². The first-order valence-electron chi connectivity index (χ1n) is 7.37. The van der Waals surface area contributed by atoms with Gasteiger partial charge in [0, 0.05) is 22.4 Å². The maximum atomic E-state index is 11.8. The van der Waals surface area contributed by atoms with Gasteiger partial charge in [-0.1, -0.05) is 13.8 Å². The number of rotatable bonds is 7. The van der Waals surface area contributed by atoms with Crippen molar-refractivity contribution < 1.29 is 14.3 Å². The van der Waals surface area contributed by atoms with E-state index in [1.807, 2.05) is 43.0 Å². The summed E-state index contributed by atoms with van der Waals surface area (Å²) < 4.78 is 5.00. The lowest BCUT2D eigenvalue weighted by molar-refractivity contribution is -0.148. The summed E-state index contributed by atoms with van der Waals surface area (Å²) in [4.78, 5) is 27.9. The van der Waals surface area contributed by atoms with Crippen LogP contribution in [0.3, 0.4) is 0 Å². The van der Waals surface area contributed by atoms with Gasteiger partial charge >= 0.3 is 5.97 Å². The average molecular weight is 352 g/mol. The third-order valence-corrected chi connectivity index (χ3v) is 5.02. The third-order valence-electron chi connectivity index (χ3n) is 3.40. The molecule has 0 aromatic carbocycles. The van der Waals surface area contributed by atoms with Crippen LogP contribution < -0.4 is 5.32 Å². The molecule has 0 saturated heterocycles. The minimum atomic E-state index is -0.445. The molecule has 2 heterocycles. The lowest BCUT2D eigenvalue weighted by Crippen LogP contribution is -2.38. The SMILES string of the molecule is CC(C)[C@@H](C)NC(=O)COC(=O)Cc1csc(-c2ccsc2)n1. The molecule has 2 rings (SSSR count). The van der Waals surface area contributed by atoms with Crippen LogP contribution in [-0.4, -0.2) is 29.5 Å². The zero-order valence-electron chi connectivity index (χ0n) is 13.4. The van der Waals surface area contributed by atoms with Crippen LogP contribution in [0, 0.1) is 5.92 Å². The van der Waals surface area contributed by atoms with E-state index < -0.39 is 5.97 Å². The summed E-state index contributed by atoms with van der Waals surface area (Å²) >= 11 is 3.10. The fourth-order valence-electron chi connectivity index (χ4n) is 1.71. The van der Waals surface area contributed by atoms with E-state index in [9.17, 15) is 9.59 Å². The zero-order chi connectivity index (χ0) is 16.8. The van der Waals surface area contributed by atoms with Gasteiger partial charge in [-0.2, -0.15) is 11.3 Å². The molecule has 2 aromatic heterocycles. The molecule has 2 aromatic rings. The number of nitrogens with one attached hydrogen (secondary N) is 1. The van der Waals surface area contributed by atoms with Crippen molar-refractivity contribution in [2.24, 2.45) is 5.92 Å². The number of nitrogens with zero attached hydrogens (tertiary/aromatic N) is 1. The predicted molar refractivity (Wildman–Crippen MR) is 92.5 cm³/mol. The number of amides is 1. The van der Waals surface area contributed by atoms with Crippen molar-refractivity contribution in [3.05, 3.63) is 27.9 Å². The summed E-state index contributed by atoms with van der Waals surface area (Å²) in [6.07, 6.45) is 0.0770. The van der Waals surface area contributed by atoms with Gasteiger partial charge in [0.2, 0.25) is 0 Å². The molecule has 124 valence electrons.